The number of rotatable bonds is 5. The van der Waals surface area contributed by atoms with E-state index in [0.717, 1.165) is 18.9 Å². The van der Waals surface area contributed by atoms with E-state index >= 15 is 0 Å². The van der Waals surface area contributed by atoms with Gasteiger partial charge in [0.2, 0.25) is 5.91 Å². The minimum atomic E-state index is -2.01. The summed E-state index contributed by atoms with van der Waals surface area (Å²) in [6.45, 7) is 20.6. The SMILES string of the molecule is C[C@@H]1CN(c2ccc(N3C(=O)C(C)(C)c4c(N)nc(CO[Si](C)(C)C(C)(C)C)nc43)cn2)C[C@H](C)O1. The summed E-state index contributed by atoms with van der Waals surface area (Å²) in [5.74, 6) is 2.05. The zero-order chi connectivity index (χ0) is 26.6. The Morgan fingerprint density at radius 2 is 1.81 bits per heavy atom. The third-order valence-corrected chi connectivity index (χ3v) is 12.1. The van der Waals surface area contributed by atoms with Crippen LogP contribution in [0.4, 0.5) is 23.1 Å². The van der Waals surface area contributed by atoms with Crippen molar-refractivity contribution in [3.05, 3.63) is 29.7 Å². The summed E-state index contributed by atoms with van der Waals surface area (Å²) >= 11 is 0. The number of nitrogens with two attached hydrogens (primary N) is 1. The Morgan fingerprint density at radius 3 is 2.36 bits per heavy atom. The number of aromatic nitrogens is 3. The van der Waals surface area contributed by atoms with Crippen LogP contribution in [-0.2, 0) is 26.0 Å². The number of fused-ring (bicyclic) bond motifs is 1. The molecule has 2 aliphatic heterocycles. The number of nitrogens with zero attached hydrogens (tertiary/aromatic N) is 5. The number of amides is 1. The third-order valence-electron chi connectivity index (χ3n) is 7.64. The molecule has 0 unspecified atom stereocenters. The average Bonchev–Trinajstić information content (AvgIpc) is 2.96. The summed E-state index contributed by atoms with van der Waals surface area (Å²) in [5, 5.41) is 0.0583. The monoisotopic (exact) mass is 512 g/mol. The van der Waals surface area contributed by atoms with Crippen LogP contribution in [0.2, 0.25) is 18.1 Å². The molecular formula is C26H40N6O3Si. The summed E-state index contributed by atoms with van der Waals surface area (Å²) in [6.07, 6.45) is 2.00. The fourth-order valence-corrected chi connectivity index (χ4v) is 5.51. The van der Waals surface area contributed by atoms with Gasteiger partial charge in [-0.2, -0.15) is 0 Å². The van der Waals surface area contributed by atoms with Gasteiger partial charge in [-0.15, -0.1) is 0 Å². The molecule has 36 heavy (non-hydrogen) atoms. The van der Waals surface area contributed by atoms with Gasteiger partial charge in [-0.05, 0) is 58.0 Å². The first-order chi connectivity index (χ1) is 16.6. The molecule has 2 aromatic heterocycles. The second-order valence-corrected chi connectivity index (χ2v) is 16.9. The standard InChI is InChI=1S/C26H40N6O3Si/c1-16-13-31(14-17(2)35-16)20-11-10-18(12-28-20)32-23-21(26(6,7)24(32)33)22(27)29-19(30-23)15-34-36(8,9)25(3,4)5/h10-12,16-17H,13-15H2,1-9H3,(H2,27,29,30)/t16-,17+. The lowest BCUT2D eigenvalue weighted by molar-refractivity contribution is -0.121. The number of hydrogen-bond donors (Lipinski definition) is 1. The summed E-state index contributed by atoms with van der Waals surface area (Å²) in [4.78, 5) is 31.4. The number of anilines is 4. The molecule has 2 aromatic rings. The Hall–Kier alpha value is -2.56. The molecule has 10 heteroatoms. The van der Waals surface area contributed by atoms with Gasteiger partial charge in [0.05, 0.1) is 41.7 Å². The van der Waals surface area contributed by atoms with Gasteiger partial charge in [0.1, 0.15) is 17.5 Å². The first-order valence-electron chi connectivity index (χ1n) is 12.6. The minimum absolute atomic E-state index is 0.0583. The number of carbonyl (C=O) groups excluding carboxylic acids is 1. The largest absolute Gasteiger partial charge is 0.409 e. The summed E-state index contributed by atoms with van der Waals surface area (Å²) in [7, 11) is -2.01. The molecule has 0 spiro atoms. The third kappa shape index (κ3) is 4.73. The number of ether oxygens (including phenoxy) is 1. The van der Waals surface area contributed by atoms with Gasteiger partial charge in [0.25, 0.3) is 0 Å². The smallest absolute Gasteiger partial charge is 0.243 e. The van der Waals surface area contributed by atoms with E-state index in [-0.39, 0.29) is 29.8 Å². The lowest BCUT2D eigenvalue weighted by Gasteiger charge is -2.36. The van der Waals surface area contributed by atoms with Crippen LogP contribution < -0.4 is 15.5 Å². The quantitative estimate of drug-likeness (QED) is 0.582. The second kappa shape index (κ2) is 9.07. The fourth-order valence-electron chi connectivity index (χ4n) is 4.58. The fraction of sp³-hybridized carbons (Fsp3) is 0.615. The number of morpholine rings is 1. The van der Waals surface area contributed by atoms with Crippen molar-refractivity contribution in [3.63, 3.8) is 0 Å². The molecule has 2 N–H and O–H groups in total. The Balaban J connectivity index is 1.66. The lowest BCUT2D eigenvalue weighted by Crippen LogP contribution is -2.45. The highest BCUT2D eigenvalue weighted by Gasteiger charge is 2.48. The Bertz CT molecular complexity index is 1140. The van der Waals surface area contributed by atoms with E-state index in [4.69, 9.17) is 24.9 Å². The topological polar surface area (TPSA) is 107 Å². The van der Waals surface area contributed by atoms with E-state index in [1.165, 1.54) is 0 Å². The summed E-state index contributed by atoms with van der Waals surface area (Å²) < 4.78 is 12.2. The van der Waals surface area contributed by atoms with Crippen LogP contribution in [0.5, 0.6) is 0 Å². The molecule has 4 rings (SSSR count). The van der Waals surface area contributed by atoms with E-state index in [0.29, 0.717) is 28.7 Å². The molecule has 0 aliphatic carbocycles. The first-order valence-corrected chi connectivity index (χ1v) is 15.5. The van der Waals surface area contributed by atoms with E-state index in [2.05, 4.69) is 57.6 Å². The van der Waals surface area contributed by atoms with Crippen LogP contribution in [0.3, 0.4) is 0 Å². The van der Waals surface area contributed by atoms with Crippen molar-refractivity contribution in [2.45, 2.75) is 90.8 Å². The molecule has 2 aliphatic rings. The molecule has 2 atom stereocenters. The van der Waals surface area contributed by atoms with Crippen molar-refractivity contribution in [3.8, 4) is 0 Å². The summed E-state index contributed by atoms with van der Waals surface area (Å²) in [6, 6.07) is 3.87. The molecule has 0 aromatic carbocycles. The number of hydrogen-bond acceptors (Lipinski definition) is 8. The van der Waals surface area contributed by atoms with Gasteiger partial charge in [0, 0.05) is 13.1 Å². The van der Waals surface area contributed by atoms with Crippen LogP contribution in [0.15, 0.2) is 18.3 Å². The van der Waals surface area contributed by atoms with Crippen molar-refractivity contribution in [2.75, 3.05) is 28.6 Å². The zero-order valence-corrected chi connectivity index (χ0v) is 24.0. The maximum atomic E-state index is 13.6. The van der Waals surface area contributed by atoms with E-state index in [1.54, 1.807) is 11.1 Å². The van der Waals surface area contributed by atoms with Crippen molar-refractivity contribution in [1.29, 1.82) is 0 Å². The van der Waals surface area contributed by atoms with Crippen LogP contribution >= 0.6 is 0 Å². The molecular weight excluding hydrogens is 472 g/mol. The van der Waals surface area contributed by atoms with Crippen molar-refractivity contribution >= 4 is 37.4 Å². The zero-order valence-electron chi connectivity index (χ0n) is 23.0. The number of carbonyl (C=O) groups is 1. The molecule has 0 bridgehead atoms. The van der Waals surface area contributed by atoms with Gasteiger partial charge in [-0.25, -0.2) is 15.0 Å². The molecule has 1 saturated heterocycles. The molecule has 196 valence electrons. The van der Waals surface area contributed by atoms with E-state index in [1.807, 2.05) is 26.0 Å². The Kier molecular flexibility index (Phi) is 6.68. The van der Waals surface area contributed by atoms with Crippen molar-refractivity contribution in [1.82, 2.24) is 15.0 Å². The predicted molar refractivity (Wildman–Crippen MR) is 145 cm³/mol. The van der Waals surface area contributed by atoms with E-state index < -0.39 is 13.7 Å². The normalized spacial score (nSPS) is 22.2. The maximum absolute atomic E-state index is 13.6. The highest BCUT2D eigenvalue weighted by molar-refractivity contribution is 6.74. The number of nitrogen functional groups attached to an aromatic ring is 1. The molecule has 1 fully saturated rings. The molecule has 0 saturated carbocycles. The molecule has 4 heterocycles. The van der Waals surface area contributed by atoms with Crippen LogP contribution in [0.25, 0.3) is 0 Å². The average molecular weight is 513 g/mol. The van der Waals surface area contributed by atoms with E-state index in [9.17, 15) is 4.79 Å². The highest BCUT2D eigenvalue weighted by Crippen LogP contribution is 2.46. The molecule has 1 amide bonds. The van der Waals surface area contributed by atoms with Crippen molar-refractivity contribution in [2.24, 2.45) is 0 Å². The predicted octanol–water partition coefficient (Wildman–Crippen LogP) is 4.55. The van der Waals surface area contributed by atoms with Crippen LogP contribution in [0.1, 0.15) is 59.9 Å². The first kappa shape index (κ1) is 26.5. The lowest BCUT2D eigenvalue weighted by atomic mass is 9.87. The Morgan fingerprint density at radius 1 is 1.17 bits per heavy atom. The van der Waals surface area contributed by atoms with Gasteiger partial charge < -0.3 is 19.8 Å². The van der Waals surface area contributed by atoms with Crippen molar-refractivity contribution < 1.29 is 14.0 Å². The number of pyridine rings is 1. The van der Waals surface area contributed by atoms with Crippen LogP contribution in [-0.4, -0.2) is 54.5 Å². The maximum Gasteiger partial charge on any atom is 0.243 e. The molecule has 0 radical (unpaired) electrons. The van der Waals surface area contributed by atoms with Gasteiger partial charge in [-0.3, -0.25) is 9.69 Å². The highest BCUT2D eigenvalue weighted by atomic mass is 28.4. The van der Waals surface area contributed by atoms with Gasteiger partial charge >= 0.3 is 0 Å². The minimum Gasteiger partial charge on any atom is -0.409 e. The van der Waals surface area contributed by atoms with Gasteiger partial charge in [0.15, 0.2) is 14.1 Å². The summed E-state index contributed by atoms with van der Waals surface area (Å²) in [5.41, 5.74) is 6.85. The second-order valence-electron chi connectivity index (χ2n) is 12.1. The molecule has 9 nitrogen and oxygen atoms in total. The Labute approximate surface area is 215 Å². The van der Waals surface area contributed by atoms with Crippen LogP contribution in [0, 0.1) is 0 Å². The van der Waals surface area contributed by atoms with Gasteiger partial charge in [-0.1, -0.05) is 20.8 Å².